The van der Waals surface area contributed by atoms with Crippen molar-refractivity contribution in [1.82, 2.24) is 16.0 Å². The summed E-state index contributed by atoms with van der Waals surface area (Å²) >= 11 is 0. The molecule has 0 aliphatic heterocycles. The number of unbranched alkanes of at least 4 members (excludes halogenated alkanes) is 9. The maximum Gasteiger partial charge on any atom is 0.311 e. The van der Waals surface area contributed by atoms with Crippen molar-refractivity contribution < 1.29 is 88.5 Å². The molecule has 2 amide bonds. The number of ketones is 1. The lowest BCUT2D eigenvalue weighted by Gasteiger charge is -2.37. The molecule has 0 saturated heterocycles. The van der Waals surface area contributed by atoms with Crippen molar-refractivity contribution in [2.45, 2.75) is 161 Å². The number of Topliss-reactive ketones (excluding diaryl/α,β-unsaturated/α-hetero) is 1. The highest BCUT2D eigenvalue weighted by molar-refractivity contribution is 5.76. The number of amides is 2. The van der Waals surface area contributed by atoms with E-state index in [1.54, 1.807) is 6.92 Å². The van der Waals surface area contributed by atoms with Crippen LogP contribution in [0, 0.1) is 66.1 Å². The highest BCUT2D eigenvalue weighted by atomic mass is 19.2. The van der Waals surface area contributed by atoms with Crippen LogP contribution in [0.4, 0.5) is 22.0 Å². The summed E-state index contributed by atoms with van der Waals surface area (Å²) < 4.78 is 119. The van der Waals surface area contributed by atoms with Crippen molar-refractivity contribution in [3.05, 3.63) is 40.4 Å². The van der Waals surface area contributed by atoms with Gasteiger partial charge in [0.1, 0.15) is 25.6 Å². The molecule has 1 aromatic carbocycles. The highest BCUT2D eigenvalue weighted by Gasteiger charge is 2.33. The van der Waals surface area contributed by atoms with E-state index in [9.17, 15) is 41.1 Å². The number of halogens is 5. The van der Waals surface area contributed by atoms with Crippen molar-refractivity contribution in [1.29, 1.82) is 0 Å². The number of ether oxygens (including phenoxy) is 10. The molecular weight excluding hydrogens is 1120 g/mol. The SMILES string of the molecule is C#CCOCCOCCOCCCCC.C#CCOCCOCCOCCNC(=O)CCC(CCC)(CCC(C)=O)NC(CCCCCCCCCCC(=O)Oc1c(F)c(F)c(F)c(F)c1F)=C1CC1.C#CCOCCOCCOCCNC=O. The number of benzene rings is 1. The average Bonchev–Trinajstić information content (AvgIpc) is 3.41. The molecular formula is C63H98F5N3O14. The first-order valence-electron chi connectivity index (χ1n) is 29.9. The van der Waals surface area contributed by atoms with Crippen molar-refractivity contribution in [2.24, 2.45) is 0 Å². The first-order valence-corrected chi connectivity index (χ1v) is 29.9. The largest absolute Gasteiger partial charge is 0.420 e. The number of rotatable bonds is 54. The van der Waals surface area contributed by atoms with E-state index in [-0.39, 0.29) is 30.3 Å². The zero-order valence-corrected chi connectivity index (χ0v) is 50.9. The fraction of sp³-hybridized carbons (Fsp3) is 0.714. The maximum absolute atomic E-state index is 13.7. The minimum absolute atomic E-state index is 0.0553. The van der Waals surface area contributed by atoms with Gasteiger partial charge in [0.05, 0.1) is 92.5 Å². The number of carbonyl (C=O) groups excluding carboxylic acids is 4. The van der Waals surface area contributed by atoms with Crippen LogP contribution in [0.3, 0.4) is 0 Å². The van der Waals surface area contributed by atoms with E-state index in [1.165, 1.54) is 24.1 Å². The molecule has 0 bridgehead atoms. The standard InChI is InChI=1S/C41H59F5N2O7.C12H22O3.C10H17NO4/c1-4-20-41(21-18-30(3)49,22-19-33(50)47-23-25-53-27-29-54-28-26-52-24-5-2)48-32(31-16-17-31)14-12-10-8-6-7-9-11-13-15-34(51)55-40-38(45)36(43)35(42)37(44)39(40)46;1-3-5-6-8-14-10-12-15-11-9-13-7-4-2;1-2-4-13-6-8-15-9-7-14-5-3-11-10-12/h2,48H,4,6-29H2,1,3H3,(H,47,50);2H,3,5-12H2,1H3;1,10H,3-9H2,(H,11,12). The van der Waals surface area contributed by atoms with Gasteiger partial charge in [0.25, 0.3) is 0 Å². The molecule has 1 unspecified atom stereocenters. The van der Waals surface area contributed by atoms with Gasteiger partial charge in [-0.05, 0) is 64.7 Å². The Morgan fingerprint density at radius 3 is 1.36 bits per heavy atom. The number of terminal acetylenes is 3. The maximum atomic E-state index is 13.7. The van der Waals surface area contributed by atoms with Crippen LogP contribution >= 0.6 is 0 Å². The van der Waals surface area contributed by atoms with Crippen molar-refractivity contribution in [2.75, 3.05) is 132 Å². The van der Waals surface area contributed by atoms with Gasteiger partial charge in [-0.15, -0.1) is 19.3 Å². The lowest BCUT2D eigenvalue weighted by molar-refractivity contribution is -0.135. The van der Waals surface area contributed by atoms with Gasteiger partial charge in [-0.25, -0.2) is 13.2 Å². The Kier molecular flexibility index (Phi) is 53.2. The smallest absolute Gasteiger partial charge is 0.311 e. The lowest BCUT2D eigenvalue weighted by atomic mass is 9.82. The molecule has 1 aliphatic carbocycles. The van der Waals surface area contributed by atoms with E-state index < -0.39 is 40.8 Å². The summed E-state index contributed by atoms with van der Waals surface area (Å²) in [6, 6.07) is 0. The second-order valence-electron chi connectivity index (χ2n) is 19.7. The Hall–Kier alpha value is -5.19. The normalized spacial score (nSPS) is 12.0. The molecule has 0 spiro atoms. The summed E-state index contributed by atoms with van der Waals surface area (Å²) in [7, 11) is 0. The predicted octanol–water partition coefficient (Wildman–Crippen LogP) is 9.59. The molecule has 1 saturated carbocycles. The molecule has 85 heavy (non-hydrogen) atoms. The van der Waals surface area contributed by atoms with E-state index in [0.717, 1.165) is 83.7 Å². The highest BCUT2D eigenvalue weighted by Crippen LogP contribution is 2.36. The molecule has 1 aliphatic rings. The molecule has 0 aromatic heterocycles. The molecule has 2 rings (SSSR count). The molecule has 484 valence electrons. The van der Waals surface area contributed by atoms with Gasteiger partial charge in [-0.1, -0.05) is 95.0 Å². The van der Waals surface area contributed by atoms with Crippen LogP contribution in [-0.2, 0) is 61.8 Å². The Bertz CT molecular complexity index is 2050. The van der Waals surface area contributed by atoms with Crippen LogP contribution in [0.5, 0.6) is 5.75 Å². The number of allylic oxidation sites excluding steroid dienone is 2. The lowest BCUT2D eigenvalue weighted by Crippen LogP contribution is -2.46. The summed E-state index contributed by atoms with van der Waals surface area (Å²) in [4.78, 5) is 46.7. The van der Waals surface area contributed by atoms with Gasteiger partial charge in [0.2, 0.25) is 47.2 Å². The minimum atomic E-state index is -2.31. The number of hydrogen-bond acceptors (Lipinski definition) is 15. The molecule has 1 atom stereocenters. The van der Waals surface area contributed by atoms with Gasteiger partial charge in [0.15, 0.2) is 0 Å². The van der Waals surface area contributed by atoms with Crippen molar-refractivity contribution >= 4 is 24.1 Å². The van der Waals surface area contributed by atoms with Gasteiger partial charge in [-0.2, -0.15) is 8.78 Å². The third-order valence-electron chi connectivity index (χ3n) is 12.5. The molecule has 0 radical (unpaired) electrons. The van der Waals surface area contributed by atoms with E-state index in [0.29, 0.717) is 164 Å². The van der Waals surface area contributed by atoms with E-state index in [2.05, 4.69) is 52.3 Å². The van der Waals surface area contributed by atoms with Gasteiger partial charge >= 0.3 is 5.97 Å². The molecule has 1 fully saturated rings. The third kappa shape index (κ3) is 45.8. The second-order valence-corrected chi connectivity index (χ2v) is 19.7. The van der Waals surface area contributed by atoms with Crippen LogP contribution in [0.15, 0.2) is 11.3 Å². The third-order valence-corrected chi connectivity index (χ3v) is 12.5. The van der Waals surface area contributed by atoms with Gasteiger partial charge < -0.3 is 68.1 Å². The fourth-order valence-electron chi connectivity index (χ4n) is 8.00. The topological polar surface area (TPSA) is 197 Å². The minimum Gasteiger partial charge on any atom is -0.420 e. The number of esters is 1. The molecule has 0 heterocycles. The Balaban J connectivity index is 0.00000190. The van der Waals surface area contributed by atoms with Crippen molar-refractivity contribution in [3.63, 3.8) is 0 Å². The first-order chi connectivity index (χ1) is 41.3. The quantitative estimate of drug-likeness (QED) is 0.00814. The molecule has 17 nitrogen and oxygen atoms in total. The molecule has 3 N–H and O–H groups in total. The summed E-state index contributed by atoms with van der Waals surface area (Å²) in [5.74, 6) is -6.42. The zero-order chi connectivity index (χ0) is 62.9. The van der Waals surface area contributed by atoms with E-state index >= 15 is 0 Å². The number of carbonyl (C=O) groups is 4. The monoisotopic (exact) mass is 1220 g/mol. The van der Waals surface area contributed by atoms with Gasteiger partial charge in [-0.3, -0.25) is 14.4 Å². The van der Waals surface area contributed by atoms with Crippen LogP contribution in [-0.4, -0.2) is 162 Å². The van der Waals surface area contributed by atoms with Crippen LogP contribution in [0.2, 0.25) is 0 Å². The average molecular weight is 1220 g/mol. The van der Waals surface area contributed by atoms with Crippen LogP contribution in [0.1, 0.15) is 156 Å². The fourth-order valence-corrected chi connectivity index (χ4v) is 8.00. The number of nitrogens with one attached hydrogen (secondary N) is 3. The van der Waals surface area contributed by atoms with Crippen LogP contribution in [0.25, 0.3) is 0 Å². The van der Waals surface area contributed by atoms with E-state index in [1.807, 2.05) is 0 Å². The number of hydrogen-bond donors (Lipinski definition) is 3. The summed E-state index contributed by atoms with van der Waals surface area (Å²) in [5, 5.41) is 9.30. The second kappa shape index (κ2) is 56.6. The van der Waals surface area contributed by atoms with E-state index in [4.69, 9.17) is 61.9 Å². The van der Waals surface area contributed by atoms with Crippen LogP contribution < -0.4 is 20.7 Å². The molecule has 22 heteroatoms. The molecule has 1 aromatic rings. The zero-order valence-electron chi connectivity index (χ0n) is 50.9. The van der Waals surface area contributed by atoms with Gasteiger partial charge in [0, 0.05) is 50.2 Å². The Morgan fingerprint density at radius 2 is 0.918 bits per heavy atom. The predicted molar refractivity (Wildman–Crippen MR) is 315 cm³/mol. The summed E-state index contributed by atoms with van der Waals surface area (Å²) in [6.07, 6.45) is 32.8. The Morgan fingerprint density at radius 1 is 0.494 bits per heavy atom. The Labute approximate surface area is 503 Å². The summed E-state index contributed by atoms with van der Waals surface area (Å²) in [6.45, 7) is 15.6. The van der Waals surface area contributed by atoms with Crippen molar-refractivity contribution in [3.8, 4) is 42.8 Å². The summed E-state index contributed by atoms with van der Waals surface area (Å²) in [5.41, 5.74) is 2.29. The first kappa shape index (κ1) is 79.8.